The SMILES string of the molecule is CC(=O)NCCNC(=O)c1ccc(S(=O)(=O)N(C)c2ccccc2)cc1. The Balaban J connectivity index is 2.06. The van der Waals surface area contributed by atoms with E-state index in [1.54, 1.807) is 24.3 Å². The fourth-order valence-electron chi connectivity index (χ4n) is 2.23. The van der Waals surface area contributed by atoms with E-state index in [1.807, 2.05) is 6.07 Å². The molecule has 0 aliphatic rings. The first kappa shape index (κ1) is 19.5. The molecule has 0 heterocycles. The molecule has 0 aliphatic carbocycles. The van der Waals surface area contributed by atoms with Gasteiger partial charge in [-0.3, -0.25) is 13.9 Å². The van der Waals surface area contributed by atoms with Gasteiger partial charge >= 0.3 is 0 Å². The van der Waals surface area contributed by atoms with Crippen LogP contribution < -0.4 is 14.9 Å². The van der Waals surface area contributed by atoms with E-state index in [4.69, 9.17) is 0 Å². The second-order valence-corrected chi connectivity index (χ2v) is 7.54. The van der Waals surface area contributed by atoms with Crippen molar-refractivity contribution >= 4 is 27.5 Å². The number of sulfonamides is 1. The Labute approximate surface area is 153 Å². The number of rotatable bonds is 7. The van der Waals surface area contributed by atoms with Crippen molar-refractivity contribution in [2.24, 2.45) is 0 Å². The van der Waals surface area contributed by atoms with E-state index >= 15 is 0 Å². The number of para-hydroxylation sites is 1. The van der Waals surface area contributed by atoms with Gasteiger partial charge in [0.05, 0.1) is 10.6 Å². The van der Waals surface area contributed by atoms with Crippen LogP contribution in [0.2, 0.25) is 0 Å². The highest BCUT2D eigenvalue weighted by Crippen LogP contribution is 2.21. The maximum Gasteiger partial charge on any atom is 0.264 e. The molecule has 7 nitrogen and oxygen atoms in total. The number of nitrogens with one attached hydrogen (secondary N) is 2. The molecule has 2 amide bonds. The fraction of sp³-hybridized carbons (Fsp3) is 0.222. The molecule has 8 heteroatoms. The normalized spacial score (nSPS) is 10.8. The van der Waals surface area contributed by atoms with Crippen molar-refractivity contribution < 1.29 is 18.0 Å². The van der Waals surface area contributed by atoms with Crippen molar-refractivity contribution in [1.29, 1.82) is 0 Å². The molecule has 2 N–H and O–H groups in total. The molecule has 2 rings (SSSR count). The van der Waals surface area contributed by atoms with Crippen LogP contribution in [-0.4, -0.2) is 40.4 Å². The van der Waals surface area contributed by atoms with Crippen molar-refractivity contribution in [1.82, 2.24) is 10.6 Å². The summed E-state index contributed by atoms with van der Waals surface area (Å²) in [5.74, 6) is -0.507. The van der Waals surface area contributed by atoms with E-state index < -0.39 is 10.0 Å². The first-order chi connectivity index (χ1) is 12.3. The lowest BCUT2D eigenvalue weighted by atomic mass is 10.2. The van der Waals surface area contributed by atoms with Crippen LogP contribution in [0.1, 0.15) is 17.3 Å². The van der Waals surface area contributed by atoms with E-state index in [9.17, 15) is 18.0 Å². The molecule has 26 heavy (non-hydrogen) atoms. The zero-order valence-electron chi connectivity index (χ0n) is 14.6. The van der Waals surface area contributed by atoms with E-state index in [2.05, 4.69) is 10.6 Å². The first-order valence-corrected chi connectivity index (χ1v) is 9.43. The van der Waals surface area contributed by atoms with Gasteiger partial charge in [0.2, 0.25) is 5.91 Å². The predicted octanol–water partition coefficient (Wildman–Crippen LogP) is 1.38. The standard InChI is InChI=1S/C18H21N3O4S/c1-14(22)19-12-13-20-18(23)15-8-10-17(11-9-15)26(24,25)21(2)16-6-4-3-5-7-16/h3-11H,12-13H2,1-2H3,(H,19,22)(H,20,23). The third-order valence-electron chi connectivity index (χ3n) is 3.68. The lowest BCUT2D eigenvalue weighted by Gasteiger charge is -2.19. The molecule has 2 aromatic carbocycles. The number of carbonyl (C=O) groups is 2. The summed E-state index contributed by atoms with van der Waals surface area (Å²) in [6.07, 6.45) is 0. The molecule has 2 aromatic rings. The molecular weight excluding hydrogens is 354 g/mol. The predicted molar refractivity (Wildman–Crippen MR) is 99.5 cm³/mol. The maximum atomic E-state index is 12.7. The van der Waals surface area contributed by atoms with Gasteiger partial charge in [0.25, 0.3) is 15.9 Å². The van der Waals surface area contributed by atoms with Crippen LogP contribution in [0.3, 0.4) is 0 Å². The summed E-state index contributed by atoms with van der Waals surface area (Å²) in [6, 6.07) is 14.5. The summed E-state index contributed by atoms with van der Waals surface area (Å²) in [5, 5.41) is 5.22. The van der Waals surface area contributed by atoms with Gasteiger partial charge in [-0.25, -0.2) is 8.42 Å². The van der Waals surface area contributed by atoms with Crippen molar-refractivity contribution in [2.45, 2.75) is 11.8 Å². The molecule has 0 unspecified atom stereocenters. The molecular formula is C18H21N3O4S. The summed E-state index contributed by atoms with van der Waals surface area (Å²) < 4.78 is 26.5. The summed E-state index contributed by atoms with van der Waals surface area (Å²) in [6.45, 7) is 2.01. The Hall–Kier alpha value is -2.87. The molecule has 0 atom stereocenters. The van der Waals surface area contributed by atoms with Crippen LogP contribution in [0.25, 0.3) is 0 Å². The van der Waals surface area contributed by atoms with Gasteiger partial charge < -0.3 is 10.6 Å². The summed E-state index contributed by atoms with van der Waals surface area (Å²) in [4.78, 5) is 22.9. The smallest absolute Gasteiger partial charge is 0.264 e. The highest BCUT2D eigenvalue weighted by Gasteiger charge is 2.21. The Morgan fingerprint density at radius 2 is 1.50 bits per heavy atom. The number of anilines is 1. The summed E-state index contributed by atoms with van der Waals surface area (Å²) >= 11 is 0. The van der Waals surface area contributed by atoms with Crippen LogP contribution in [0, 0.1) is 0 Å². The Morgan fingerprint density at radius 1 is 0.923 bits per heavy atom. The molecule has 0 saturated carbocycles. The molecule has 0 radical (unpaired) electrons. The third-order valence-corrected chi connectivity index (χ3v) is 5.48. The minimum atomic E-state index is -3.71. The molecule has 0 saturated heterocycles. The lowest BCUT2D eigenvalue weighted by Crippen LogP contribution is -2.33. The highest BCUT2D eigenvalue weighted by molar-refractivity contribution is 7.92. The van der Waals surface area contributed by atoms with Gasteiger partial charge in [0.15, 0.2) is 0 Å². The molecule has 0 spiro atoms. The molecule has 138 valence electrons. The minimum absolute atomic E-state index is 0.0960. The summed E-state index contributed by atoms with van der Waals surface area (Å²) in [7, 11) is -2.23. The fourth-order valence-corrected chi connectivity index (χ4v) is 3.43. The summed E-state index contributed by atoms with van der Waals surface area (Å²) in [5.41, 5.74) is 0.890. The quantitative estimate of drug-likeness (QED) is 0.715. The lowest BCUT2D eigenvalue weighted by molar-refractivity contribution is -0.118. The van der Waals surface area contributed by atoms with Crippen molar-refractivity contribution in [3.8, 4) is 0 Å². The molecule has 0 fully saturated rings. The second-order valence-electron chi connectivity index (χ2n) is 5.57. The average molecular weight is 375 g/mol. The zero-order chi connectivity index (χ0) is 19.2. The number of amides is 2. The van der Waals surface area contributed by atoms with Crippen molar-refractivity contribution in [3.05, 3.63) is 60.2 Å². The van der Waals surface area contributed by atoms with Gasteiger partial charge in [-0.1, -0.05) is 18.2 Å². The molecule has 0 bridgehead atoms. The van der Waals surface area contributed by atoms with E-state index in [-0.39, 0.29) is 23.3 Å². The monoisotopic (exact) mass is 375 g/mol. The van der Waals surface area contributed by atoms with Gasteiger partial charge in [-0.15, -0.1) is 0 Å². The number of benzene rings is 2. The Bertz CT molecular complexity index is 865. The second kappa shape index (κ2) is 8.48. The average Bonchev–Trinajstić information content (AvgIpc) is 2.65. The van der Waals surface area contributed by atoms with E-state index in [0.29, 0.717) is 17.8 Å². The topological polar surface area (TPSA) is 95.6 Å². The number of nitrogens with zero attached hydrogens (tertiary/aromatic N) is 1. The van der Waals surface area contributed by atoms with Crippen LogP contribution in [-0.2, 0) is 14.8 Å². The van der Waals surface area contributed by atoms with Gasteiger partial charge in [-0.05, 0) is 36.4 Å². The van der Waals surface area contributed by atoms with Crippen LogP contribution in [0.4, 0.5) is 5.69 Å². The molecule has 0 aromatic heterocycles. The molecule has 0 aliphatic heterocycles. The number of hydrogen-bond acceptors (Lipinski definition) is 4. The number of hydrogen-bond donors (Lipinski definition) is 2. The Kier molecular flexibility index (Phi) is 6.35. The van der Waals surface area contributed by atoms with E-state index in [0.717, 1.165) is 0 Å². The number of carbonyl (C=O) groups excluding carboxylic acids is 2. The van der Waals surface area contributed by atoms with Crippen LogP contribution in [0.15, 0.2) is 59.5 Å². The van der Waals surface area contributed by atoms with Gasteiger partial charge in [0.1, 0.15) is 0 Å². The van der Waals surface area contributed by atoms with Crippen molar-refractivity contribution in [2.75, 3.05) is 24.4 Å². The van der Waals surface area contributed by atoms with E-state index in [1.165, 1.54) is 42.5 Å². The zero-order valence-corrected chi connectivity index (χ0v) is 15.4. The highest BCUT2D eigenvalue weighted by atomic mass is 32.2. The van der Waals surface area contributed by atoms with Crippen LogP contribution >= 0.6 is 0 Å². The third kappa shape index (κ3) is 4.82. The first-order valence-electron chi connectivity index (χ1n) is 7.99. The van der Waals surface area contributed by atoms with Gasteiger partial charge in [0, 0.05) is 32.6 Å². The Morgan fingerprint density at radius 3 is 2.08 bits per heavy atom. The largest absolute Gasteiger partial charge is 0.355 e. The minimum Gasteiger partial charge on any atom is -0.355 e. The van der Waals surface area contributed by atoms with Crippen molar-refractivity contribution in [3.63, 3.8) is 0 Å². The van der Waals surface area contributed by atoms with Gasteiger partial charge in [-0.2, -0.15) is 0 Å². The maximum absolute atomic E-state index is 12.7. The van der Waals surface area contributed by atoms with Crippen LogP contribution in [0.5, 0.6) is 0 Å².